The average Bonchev–Trinajstić information content (AvgIpc) is 3.14. The number of nitrogens with zero attached hydrogens (tertiary/aromatic N) is 2. The van der Waals surface area contributed by atoms with E-state index < -0.39 is 9.84 Å². The van der Waals surface area contributed by atoms with E-state index in [0.717, 1.165) is 67.5 Å². The second kappa shape index (κ2) is 11.7. The van der Waals surface area contributed by atoms with Crippen molar-refractivity contribution in [2.75, 3.05) is 12.0 Å². The first kappa shape index (κ1) is 29.5. The molecule has 0 aliphatic carbocycles. The first-order chi connectivity index (χ1) is 23.4. The first-order valence-corrected chi connectivity index (χ1v) is 17.1. The zero-order valence-electron chi connectivity index (χ0n) is 26.3. The fraction of sp³-hybridized carbons (Fsp3) is 0.0488. The second-order valence-electron chi connectivity index (χ2n) is 11.6. The number of fused-ring (bicyclic) bond motifs is 3. The minimum Gasteiger partial charge on any atom is -0.496 e. The molecule has 1 aliphatic rings. The Hall–Kier alpha value is -5.92. The number of methoxy groups -OCH3 is 1. The smallest absolute Gasteiger partial charge is 0.206 e. The zero-order chi connectivity index (χ0) is 32.8. The Kier molecular flexibility index (Phi) is 7.19. The molecule has 0 saturated heterocycles. The highest BCUT2D eigenvalue weighted by molar-refractivity contribution is 7.91. The predicted octanol–water partition coefficient (Wildman–Crippen LogP) is 10.3. The van der Waals surface area contributed by atoms with Crippen LogP contribution in [0.15, 0.2) is 155 Å². The molecule has 1 aliphatic heterocycles. The molecule has 0 saturated carbocycles. The van der Waals surface area contributed by atoms with Gasteiger partial charge in [0.15, 0.2) is 11.5 Å². The van der Waals surface area contributed by atoms with E-state index in [1.165, 1.54) is 0 Å². The number of benzene rings is 6. The molecule has 0 spiro atoms. The van der Waals surface area contributed by atoms with Crippen molar-refractivity contribution in [2.45, 2.75) is 16.7 Å². The fourth-order valence-electron chi connectivity index (χ4n) is 6.29. The van der Waals surface area contributed by atoms with Gasteiger partial charge in [0.25, 0.3) is 0 Å². The maximum absolute atomic E-state index is 13.4. The summed E-state index contributed by atoms with van der Waals surface area (Å²) in [4.78, 5) is 7.98. The number of aryl methyl sites for hydroxylation is 1. The number of anilines is 3. The first-order valence-electron chi connectivity index (χ1n) is 15.6. The lowest BCUT2D eigenvalue weighted by Gasteiger charge is -2.33. The third-order valence-electron chi connectivity index (χ3n) is 8.72. The molecule has 0 fully saturated rings. The Morgan fingerprint density at radius 3 is 1.92 bits per heavy atom. The third-order valence-corrected chi connectivity index (χ3v) is 10.5. The highest BCUT2D eigenvalue weighted by Gasteiger charge is 2.28. The van der Waals surface area contributed by atoms with Crippen molar-refractivity contribution in [1.82, 2.24) is 4.98 Å². The highest BCUT2D eigenvalue weighted by Crippen LogP contribution is 2.52. The van der Waals surface area contributed by atoms with Gasteiger partial charge in [0.2, 0.25) is 9.84 Å². The Morgan fingerprint density at radius 1 is 0.625 bits per heavy atom. The molecular formula is C41H30N2O4S. The van der Waals surface area contributed by atoms with E-state index in [9.17, 15) is 8.42 Å². The van der Waals surface area contributed by atoms with Gasteiger partial charge >= 0.3 is 0 Å². The van der Waals surface area contributed by atoms with Gasteiger partial charge in [-0.15, -0.1) is 0 Å². The molecule has 0 radical (unpaired) electrons. The lowest BCUT2D eigenvalue weighted by molar-refractivity contribution is 0.412. The number of aromatic nitrogens is 1. The Labute approximate surface area is 279 Å². The third kappa shape index (κ3) is 4.96. The number of para-hydroxylation sites is 5. The number of rotatable bonds is 6. The Bertz CT molecular complexity index is 2400. The van der Waals surface area contributed by atoms with Crippen molar-refractivity contribution >= 4 is 37.8 Å². The van der Waals surface area contributed by atoms with Crippen molar-refractivity contribution in [1.29, 1.82) is 0 Å². The molecule has 0 amide bonds. The molecular weight excluding hydrogens is 617 g/mol. The van der Waals surface area contributed by atoms with E-state index in [4.69, 9.17) is 14.5 Å². The maximum Gasteiger partial charge on any atom is 0.206 e. The number of ether oxygens (including phenoxy) is 2. The van der Waals surface area contributed by atoms with Gasteiger partial charge in [0, 0.05) is 10.9 Å². The monoisotopic (exact) mass is 646 g/mol. The highest BCUT2D eigenvalue weighted by atomic mass is 32.2. The van der Waals surface area contributed by atoms with Crippen LogP contribution in [-0.2, 0) is 9.84 Å². The number of hydrogen-bond donors (Lipinski definition) is 0. The van der Waals surface area contributed by atoms with E-state index in [1.807, 2.05) is 67.6 Å². The molecule has 6 aromatic carbocycles. The molecule has 48 heavy (non-hydrogen) atoms. The van der Waals surface area contributed by atoms with Gasteiger partial charge in [0.05, 0.1) is 45.2 Å². The van der Waals surface area contributed by atoms with Crippen molar-refractivity contribution in [3.63, 3.8) is 0 Å². The number of pyridine rings is 1. The van der Waals surface area contributed by atoms with Gasteiger partial charge in [-0.1, -0.05) is 78.9 Å². The van der Waals surface area contributed by atoms with Crippen LogP contribution in [0.4, 0.5) is 17.1 Å². The quantitative estimate of drug-likeness (QED) is 0.179. The molecule has 234 valence electrons. The molecule has 6 nitrogen and oxygen atoms in total. The molecule has 0 N–H and O–H groups in total. The van der Waals surface area contributed by atoms with E-state index in [2.05, 4.69) is 47.4 Å². The normalized spacial score (nSPS) is 12.2. The average molecular weight is 647 g/mol. The maximum atomic E-state index is 13.4. The van der Waals surface area contributed by atoms with Crippen LogP contribution in [0.2, 0.25) is 0 Å². The molecule has 2 heterocycles. The summed E-state index contributed by atoms with van der Waals surface area (Å²) in [7, 11) is -1.99. The largest absolute Gasteiger partial charge is 0.496 e. The van der Waals surface area contributed by atoms with Crippen LogP contribution in [0.25, 0.3) is 33.3 Å². The van der Waals surface area contributed by atoms with Crippen LogP contribution in [0.5, 0.6) is 17.2 Å². The minimum atomic E-state index is -3.67. The summed E-state index contributed by atoms with van der Waals surface area (Å²) in [5, 5.41) is 0.965. The van der Waals surface area contributed by atoms with E-state index >= 15 is 0 Å². The van der Waals surface area contributed by atoms with Crippen molar-refractivity contribution in [2.24, 2.45) is 0 Å². The summed E-state index contributed by atoms with van der Waals surface area (Å²) in [5.41, 5.74) is 8.00. The van der Waals surface area contributed by atoms with Crippen LogP contribution < -0.4 is 14.4 Å². The van der Waals surface area contributed by atoms with E-state index in [1.54, 1.807) is 49.6 Å². The standard InChI is InChI=1S/C41H30N2O4S/c1-27-19-20-29(25-40(27)46-2)33-26-34(28-21-23-31(24-22-28)48(44,45)30-11-4-3-5-12-30)42-41-32(33)13-10-16-37(41)43-35-14-6-8-17-38(35)47-39-18-9-7-15-36(39)43/h3-26H,1-2H3. The van der Waals surface area contributed by atoms with Gasteiger partial charge in [-0.25, -0.2) is 13.4 Å². The second-order valence-corrected chi connectivity index (χ2v) is 13.6. The topological polar surface area (TPSA) is 68.7 Å². The van der Waals surface area contributed by atoms with Crippen LogP contribution in [0, 0.1) is 6.92 Å². The van der Waals surface area contributed by atoms with Gasteiger partial charge in [0.1, 0.15) is 5.75 Å². The van der Waals surface area contributed by atoms with E-state index in [-0.39, 0.29) is 9.79 Å². The van der Waals surface area contributed by atoms with Crippen LogP contribution in [0.3, 0.4) is 0 Å². The fourth-order valence-corrected chi connectivity index (χ4v) is 7.57. The minimum absolute atomic E-state index is 0.226. The summed E-state index contributed by atoms with van der Waals surface area (Å²) in [6.45, 7) is 2.02. The zero-order valence-corrected chi connectivity index (χ0v) is 27.1. The molecule has 0 bridgehead atoms. The van der Waals surface area contributed by atoms with Gasteiger partial charge in [-0.2, -0.15) is 0 Å². The van der Waals surface area contributed by atoms with E-state index in [0.29, 0.717) is 5.69 Å². The van der Waals surface area contributed by atoms with Crippen molar-refractivity contribution in [3.05, 3.63) is 151 Å². The van der Waals surface area contributed by atoms with Gasteiger partial charge in [-0.05, 0) is 90.3 Å². The van der Waals surface area contributed by atoms with Crippen LogP contribution in [0.1, 0.15) is 5.56 Å². The number of hydrogen-bond acceptors (Lipinski definition) is 6. The summed E-state index contributed by atoms with van der Waals surface area (Å²) in [6, 6.07) is 45.9. The molecule has 7 aromatic rings. The summed E-state index contributed by atoms with van der Waals surface area (Å²) >= 11 is 0. The lowest BCUT2D eigenvalue weighted by atomic mass is 9.96. The lowest BCUT2D eigenvalue weighted by Crippen LogP contribution is -2.16. The van der Waals surface area contributed by atoms with Crippen LogP contribution >= 0.6 is 0 Å². The Balaban J connectivity index is 1.36. The van der Waals surface area contributed by atoms with Crippen LogP contribution in [-0.4, -0.2) is 20.5 Å². The van der Waals surface area contributed by atoms with Gasteiger partial charge in [-0.3, -0.25) is 0 Å². The van der Waals surface area contributed by atoms with Gasteiger partial charge < -0.3 is 14.4 Å². The van der Waals surface area contributed by atoms with Crippen molar-refractivity contribution < 1.29 is 17.9 Å². The summed E-state index contributed by atoms with van der Waals surface area (Å²) < 4.78 is 38.8. The summed E-state index contributed by atoms with van der Waals surface area (Å²) in [5.74, 6) is 2.30. The summed E-state index contributed by atoms with van der Waals surface area (Å²) in [6.07, 6.45) is 0. The predicted molar refractivity (Wildman–Crippen MR) is 191 cm³/mol. The molecule has 0 atom stereocenters. The SMILES string of the molecule is COc1cc(-c2cc(-c3ccc(S(=O)(=O)c4ccccc4)cc3)nc3c(N4c5ccccc5Oc5ccccc54)cccc23)ccc1C. The molecule has 8 rings (SSSR count). The Morgan fingerprint density at radius 2 is 1.23 bits per heavy atom. The molecule has 1 aromatic heterocycles. The number of sulfone groups is 1. The van der Waals surface area contributed by atoms with Crippen molar-refractivity contribution in [3.8, 4) is 39.6 Å². The molecule has 7 heteroatoms. The molecule has 0 unspecified atom stereocenters.